The number of thiazole rings is 1. The van der Waals surface area contributed by atoms with Gasteiger partial charge in [0.1, 0.15) is 5.75 Å². The standard InChI is InChI=1S/C29H23N3O6S/c1-3-38-28(34)24-25(19-10-5-4-6-11-19)30-29-31(26(24)20-12-8-14-22(17-20)37-2)27(33)23(39-29)16-18-9-7-13-21(15-18)32(35)36/h4-17,26H,3H2,1-2H3/b23-16-/t26-/m1/s1. The summed E-state index contributed by atoms with van der Waals surface area (Å²) in [7, 11) is 1.54. The number of ether oxygens (including phenoxy) is 2. The summed E-state index contributed by atoms with van der Waals surface area (Å²) in [6.07, 6.45) is 1.59. The van der Waals surface area contributed by atoms with Crippen LogP contribution in [0.1, 0.15) is 29.7 Å². The van der Waals surface area contributed by atoms with Crippen molar-refractivity contribution in [2.24, 2.45) is 4.99 Å². The lowest BCUT2D eigenvalue weighted by atomic mass is 9.93. The molecule has 0 aliphatic carbocycles. The van der Waals surface area contributed by atoms with Crippen molar-refractivity contribution in [3.05, 3.63) is 131 Å². The summed E-state index contributed by atoms with van der Waals surface area (Å²) in [5.41, 5.74) is 2.01. The lowest BCUT2D eigenvalue weighted by molar-refractivity contribution is -0.384. The number of nitro groups is 1. The molecule has 9 nitrogen and oxygen atoms in total. The number of rotatable bonds is 7. The molecule has 0 saturated carbocycles. The van der Waals surface area contributed by atoms with Gasteiger partial charge in [0, 0.05) is 17.7 Å². The second-order valence-electron chi connectivity index (χ2n) is 8.56. The maximum atomic E-state index is 13.9. The molecular weight excluding hydrogens is 518 g/mol. The first kappa shape index (κ1) is 25.8. The monoisotopic (exact) mass is 541 g/mol. The predicted molar refractivity (Wildman–Crippen MR) is 147 cm³/mol. The number of nitro benzene ring substituents is 1. The average molecular weight is 542 g/mol. The van der Waals surface area contributed by atoms with Gasteiger partial charge in [0.2, 0.25) is 0 Å². The van der Waals surface area contributed by atoms with E-state index in [9.17, 15) is 19.7 Å². The topological polar surface area (TPSA) is 113 Å². The van der Waals surface area contributed by atoms with Crippen LogP contribution in [-0.4, -0.2) is 29.2 Å². The Hall–Kier alpha value is -4.83. The number of carbonyl (C=O) groups excluding carboxylic acids is 1. The molecule has 1 aromatic heterocycles. The summed E-state index contributed by atoms with van der Waals surface area (Å²) in [5, 5.41) is 11.3. The van der Waals surface area contributed by atoms with Crippen molar-refractivity contribution >= 4 is 34.8 Å². The lowest BCUT2D eigenvalue weighted by Crippen LogP contribution is -2.40. The van der Waals surface area contributed by atoms with Crippen molar-refractivity contribution in [3.8, 4) is 5.75 Å². The van der Waals surface area contributed by atoms with Crippen LogP contribution in [-0.2, 0) is 9.53 Å². The van der Waals surface area contributed by atoms with Crippen LogP contribution in [0.2, 0.25) is 0 Å². The van der Waals surface area contributed by atoms with E-state index in [4.69, 9.17) is 14.5 Å². The zero-order valence-corrected chi connectivity index (χ0v) is 21.9. The Kier molecular flexibility index (Phi) is 7.20. The van der Waals surface area contributed by atoms with Gasteiger partial charge in [0.25, 0.3) is 11.2 Å². The van der Waals surface area contributed by atoms with E-state index in [2.05, 4.69) is 0 Å². The SMILES string of the molecule is CCOC(=O)C1=C(c2ccccc2)N=c2s/c(=C\c3cccc([N+](=O)[O-])c3)c(=O)n2[C@@H]1c1cccc(OC)c1. The van der Waals surface area contributed by atoms with Gasteiger partial charge in [-0.1, -0.05) is 65.9 Å². The predicted octanol–water partition coefficient (Wildman–Crippen LogP) is 3.85. The van der Waals surface area contributed by atoms with E-state index in [0.717, 1.165) is 11.3 Å². The van der Waals surface area contributed by atoms with Crippen LogP contribution in [0.15, 0.2) is 94.2 Å². The molecule has 0 bridgehead atoms. The van der Waals surface area contributed by atoms with Crippen molar-refractivity contribution in [2.45, 2.75) is 13.0 Å². The molecule has 0 spiro atoms. The molecule has 0 radical (unpaired) electrons. The van der Waals surface area contributed by atoms with Crippen molar-refractivity contribution in [1.29, 1.82) is 0 Å². The Morgan fingerprint density at radius 1 is 1.10 bits per heavy atom. The molecule has 10 heteroatoms. The highest BCUT2D eigenvalue weighted by atomic mass is 32.1. The van der Waals surface area contributed by atoms with Gasteiger partial charge < -0.3 is 9.47 Å². The van der Waals surface area contributed by atoms with Crippen molar-refractivity contribution < 1.29 is 19.2 Å². The Bertz CT molecular complexity index is 1790. The Labute approximate surface area is 226 Å². The molecule has 0 amide bonds. The number of nitrogens with zero attached hydrogens (tertiary/aromatic N) is 3. The molecule has 0 fully saturated rings. The van der Waals surface area contributed by atoms with E-state index < -0.39 is 16.9 Å². The molecule has 196 valence electrons. The number of fused-ring (bicyclic) bond motifs is 1. The van der Waals surface area contributed by atoms with E-state index in [1.54, 1.807) is 50.4 Å². The van der Waals surface area contributed by atoms with Crippen LogP contribution in [0.25, 0.3) is 11.8 Å². The molecule has 1 atom stereocenters. The van der Waals surface area contributed by atoms with E-state index in [0.29, 0.717) is 37.5 Å². The summed E-state index contributed by atoms with van der Waals surface area (Å²) in [6, 6.07) is 21.6. The first-order valence-corrected chi connectivity index (χ1v) is 12.9. The van der Waals surface area contributed by atoms with Crippen LogP contribution in [0.3, 0.4) is 0 Å². The quantitative estimate of drug-likeness (QED) is 0.200. The molecule has 0 unspecified atom stereocenters. The first-order valence-electron chi connectivity index (χ1n) is 12.1. The van der Waals surface area contributed by atoms with Crippen molar-refractivity contribution in [2.75, 3.05) is 13.7 Å². The number of carbonyl (C=O) groups is 1. The van der Waals surface area contributed by atoms with E-state index >= 15 is 0 Å². The molecule has 5 rings (SSSR count). The Morgan fingerprint density at radius 2 is 1.87 bits per heavy atom. The summed E-state index contributed by atoms with van der Waals surface area (Å²) in [4.78, 5) is 43.3. The second-order valence-corrected chi connectivity index (χ2v) is 9.57. The zero-order chi connectivity index (χ0) is 27.5. The largest absolute Gasteiger partial charge is 0.497 e. The van der Waals surface area contributed by atoms with E-state index in [-0.39, 0.29) is 23.4 Å². The van der Waals surface area contributed by atoms with Gasteiger partial charge >= 0.3 is 5.97 Å². The van der Waals surface area contributed by atoms with Crippen LogP contribution in [0, 0.1) is 10.1 Å². The Morgan fingerprint density at radius 3 is 2.59 bits per heavy atom. The summed E-state index contributed by atoms with van der Waals surface area (Å²) in [6.45, 7) is 1.86. The van der Waals surface area contributed by atoms with Crippen LogP contribution >= 0.6 is 11.3 Å². The number of hydrogen-bond acceptors (Lipinski definition) is 8. The fourth-order valence-electron chi connectivity index (χ4n) is 4.45. The fraction of sp³-hybridized carbons (Fsp3) is 0.138. The molecule has 4 aromatic rings. The van der Waals surface area contributed by atoms with Gasteiger partial charge in [-0.25, -0.2) is 9.79 Å². The lowest BCUT2D eigenvalue weighted by Gasteiger charge is -2.26. The van der Waals surface area contributed by atoms with Crippen molar-refractivity contribution in [3.63, 3.8) is 0 Å². The molecule has 39 heavy (non-hydrogen) atoms. The highest BCUT2D eigenvalue weighted by molar-refractivity contribution is 7.07. The normalized spacial score (nSPS) is 14.9. The number of benzene rings is 3. The molecule has 0 saturated heterocycles. The molecular formula is C29H23N3O6S. The molecule has 1 aliphatic rings. The van der Waals surface area contributed by atoms with Crippen LogP contribution in [0.4, 0.5) is 5.69 Å². The number of hydrogen-bond donors (Lipinski definition) is 0. The third-order valence-corrected chi connectivity index (χ3v) is 7.14. The first-order chi connectivity index (χ1) is 18.9. The van der Waals surface area contributed by atoms with Crippen LogP contribution < -0.4 is 19.6 Å². The smallest absolute Gasteiger partial charge is 0.338 e. The summed E-state index contributed by atoms with van der Waals surface area (Å²) >= 11 is 1.15. The second kappa shape index (κ2) is 10.9. The van der Waals surface area contributed by atoms with Crippen molar-refractivity contribution in [1.82, 2.24) is 4.57 Å². The number of esters is 1. The molecule has 1 aliphatic heterocycles. The minimum atomic E-state index is -0.849. The molecule has 3 aromatic carbocycles. The molecule has 2 heterocycles. The fourth-order valence-corrected chi connectivity index (χ4v) is 5.45. The minimum absolute atomic E-state index is 0.0817. The molecule has 0 N–H and O–H groups in total. The van der Waals surface area contributed by atoms with Crippen LogP contribution in [0.5, 0.6) is 5.75 Å². The minimum Gasteiger partial charge on any atom is -0.497 e. The van der Waals surface area contributed by atoms with Gasteiger partial charge in [-0.3, -0.25) is 19.5 Å². The number of aromatic nitrogens is 1. The van der Waals surface area contributed by atoms with Gasteiger partial charge in [0.15, 0.2) is 4.80 Å². The number of methoxy groups -OCH3 is 1. The Balaban J connectivity index is 1.82. The van der Waals surface area contributed by atoms with E-state index in [1.165, 1.54) is 16.7 Å². The third kappa shape index (κ3) is 5.01. The van der Waals surface area contributed by atoms with E-state index in [1.807, 2.05) is 36.4 Å². The van der Waals surface area contributed by atoms with Gasteiger partial charge in [-0.15, -0.1) is 0 Å². The highest BCUT2D eigenvalue weighted by Gasteiger charge is 2.35. The van der Waals surface area contributed by atoms with Gasteiger partial charge in [0.05, 0.1) is 40.5 Å². The zero-order valence-electron chi connectivity index (χ0n) is 21.1. The number of non-ortho nitro benzene ring substituents is 1. The van der Waals surface area contributed by atoms with Gasteiger partial charge in [-0.05, 0) is 36.3 Å². The maximum absolute atomic E-state index is 13.9. The summed E-state index contributed by atoms with van der Waals surface area (Å²) < 4.78 is 12.7. The summed E-state index contributed by atoms with van der Waals surface area (Å²) in [5.74, 6) is -0.0198. The van der Waals surface area contributed by atoms with Gasteiger partial charge in [-0.2, -0.15) is 0 Å². The third-order valence-electron chi connectivity index (χ3n) is 6.16. The highest BCUT2D eigenvalue weighted by Crippen LogP contribution is 2.36. The maximum Gasteiger partial charge on any atom is 0.338 e. The average Bonchev–Trinajstić information content (AvgIpc) is 3.27.